The van der Waals surface area contributed by atoms with E-state index in [9.17, 15) is 4.79 Å². The van der Waals surface area contributed by atoms with E-state index in [2.05, 4.69) is 95.7 Å². The Balaban J connectivity index is 0.000000331. The van der Waals surface area contributed by atoms with Crippen LogP contribution in [0.2, 0.25) is 0 Å². The van der Waals surface area contributed by atoms with E-state index in [1.54, 1.807) is 0 Å². The van der Waals surface area contributed by atoms with Crippen molar-refractivity contribution in [2.45, 2.75) is 13.8 Å². The summed E-state index contributed by atoms with van der Waals surface area (Å²) in [6.07, 6.45) is 0. The molecule has 0 saturated carbocycles. The zero-order valence-corrected chi connectivity index (χ0v) is 20.0. The van der Waals surface area contributed by atoms with Crippen molar-refractivity contribution < 1.29 is 19.4 Å². The molecule has 0 atom stereocenters. The van der Waals surface area contributed by atoms with Crippen molar-refractivity contribution in [1.82, 2.24) is 4.90 Å². The molecule has 0 radical (unpaired) electrons. The lowest BCUT2D eigenvalue weighted by Gasteiger charge is -2.18. The lowest BCUT2D eigenvalue weighted by atomic mass is 10.4. The highest BCUT2D eigenvalue weighted by Gasteiger charge is 2.14. The second kappa shape index (κ2) is 15.7. The monoisotopic (exact) mass is 453 g/mol. The van der Waals surface area contributed by atoms with Gasteiger partial charge in [0.15, 0.2) is 0 Å². The third-order valence-corrected chi connectivity index (χ3v) is 6.33. The second-order valence-corrected chi connectivity index (χ2v) is 9.22. The highest BCUT2D eigenvalue weighted by atomic mass is 31.1. The van der Waals surface area contributed by atoms with Crippen LogP contribution in [0.15, 0.2) is 91.0 Å². The van der Waals surface area contributed by atoms with Crippen LogP contribution in [0.3, 0.4) is 0 Å². The summed E-state index contributed by atoms with van der Waals surface area (Å²) in [6.45, 7) is 3.78. The number of rotatable bonds is 6. The Morgan fingerprint density at radius 2 is 1.06 bits per heavy atom. The number of carboxylic acids is 1. The number of likely N-dealkylation sites (N-methyl/N-ethyl adjacent to an activating group) is 1. The first-order valence-corrected chi connectivity index (χ1v) is 11.6. The molecule has 0 fully saturated rings. The smallest absolute Gasteiger partial charge is 0.302 e. The molecule has 1 N–H and O–H groups in total. The number of hydrogen-bond donors (Lipinski definition) is 1. The number of aliphatic carboxylic acids is 1. The molecule has 3 rings (SSSR count). The van der Waals surface area contributed by atoms with Gasteiger partial charge in [-0.15, -0.1) is 0 Å². The zero-order valence-electron chi connectivity index (χ0n) is 19.1. The fourth-order valence-electron chi connectivity index (χ4n) is 2.55. The van der Waals surface area contributed by atoms with Gasteiger partial charge in [-0.1, -0.05) is 91.0 Å². The maximum absolute atomic E-state index is 10.2. The Kier molecular flexibility index (Phi) is 13.3. The Morgan fingerprint density at radius 3 is 1.31 bits per heavy atom. The minimum atomic E-state index is -0.833. The van der Waals surface area contributed by atoms with Gasteiger partial charge in [0, 0.05) is 20.4 Å². The number of ether oxygens (including phenoxy) is 1. The number of esters is 1. The molecule has 32 heavy (non-hydrogen) atoms. The summed E-state index contributed by atoms with van der Waals surface area (Å²) in [4.78, 5) is 21.1. The van der Waals surface area contributed by atoms with Gasteiger partial charge in [-0.2, -0.15) is 0 Å². The van der Waals surface area contributed by atoms with Gasteiger partial charge in [0.2, 0.25) is 0 Å². The Morgan fingerprint density at radius 1 is 0.750 bits per heavy atom. The predicted octanol–water partition coefficient (Wildman–Crippen LogP) is 3.65. The van der Waals surface area contributed by atoms with Crippen molar-refractivity contribution in [3.05, 3.63) is 91.0 Å². The second-order valence-electron chi connectivity index (χ2n) is 7.00. The van der Waals surface area contributed by atoms with Gasteiger partial charge in [-0.25, -0.2) is 0 Å². The van der Waals surface area contributed by atoms with Crippen LogP contribution in [0.25, 0.3) is 0 Å². The number of carboxylic acid groups (broad SMARTS) is 1. The molecular formula is C26H32NO4P. The fraction of sp³-hybridized carbons (Fsp3) is 0.231. The molecule has 0 heterocycles. The van der Waals surface area contributed by atoms with Crippen molar-refractivity contribution in [2.24, 2.45) is 0 Å². The van der Waals surface area contributed by atoms with Crippen LogP contribution in [-0.2, 0) is 14.3 Å². The van der Waals surface area contributed by atoms with E-state index in [1.165, 1.54) is 22.8 Å². The summed E-state index contributed by atoms with van der Waals surface area (Å²) in [6, 6.07) is 32.3. The topological polar surface area (TPSA) is 66.8 Å². The first kappa shape index (κ1) is 27.0. The first-order valence-electron chi connectivity index (χ1n) is 10.2. The Labute approximate surface area is 192 Å². The van der Waals surface area contributed by atoms with Gasteiger partial charge in [0.25, 0.3) is 5.97 Å². The Bertz CT molecular complexity index is 805. The average Bonchev–Trinajstić information content (AvgIpc) is 2.76. The maximum Gasteiger partial charge on any atom is 0.302 e. The molecule has 3 aromatic rings. The SMILES string of the molecule is CC(=O)O.CC(=O)OCCN(C)C.c1ccc(P(c2ccccc2)c2ccccc2)cc1. The van der Waals surface area contributed by atoms with Crippen molar-refractivity contribution in [3.63, 3.8) is 0 Å². The molecule has 0 unspecified atom stereocenters. The van der Waals surface area contributed by atoms with E-state index in [4.69, 9.17) is 9.90 Å². The highest BCUT2D eigenvalue weighted by molar-refractivity contribution is 7.79. The molecule has 0 aliphatic carbocycles. The van der Waals surface area contributed by atoms with Crippen LogP contribution in [0, 0.1) is 0 Å². The summed E-state index contributed by atoms with van der Waals surface area (Å²) in [7, 11) is 3.42. The van der Waals surface area contributed by atoms with E-state index in [1.807, 2.05) is 19.0 Å². The van der Waals surface area contributed by atoms with Gasteiger partial charge in [0.05, 0.1) is 0 Å². The zero-order chi connectivity index (χ0) is 23.8. The molecule has 0 spiro atoms. The van der Waals surface area contributed by atoms with Gasteiger partial charge in [0.1, 0.15) is 6.61 Å². The largest absolute Gasteiger partial charge is 0.481 e. The van der Waals surface area contributed by atoms with Gasteiger partial charge >= 0.3 is 5.97 Å². The van der Waals surface area contributed by atoms with E-state index < -0.39 is 13.9 Å². The highest BCUT2D eigenvalue weighted by Crippen LogP contribution is 2.32. The first-order chi connectivity index (χ1) is 15.3. The van der Waals surface area contributed by atoms with Crippen LogP contribution >= 0.6 is 7.92 Å². The van der Waals surface area contributed by atoms with Gasteiger partial charge in [-0.3, -0.25) is 9.59 Å². The van der Waals surface area contributed by atoms with Crippen molar-refractivity contribution in [2.75, 3.05) is 27.2 Å². The quantitative estimate of drug-likeness (QED) is 0.456. The number of benzene rings is 3. The van der Waals surface area contributed by atoms with Crippen LogP contribution < -0.4 is 15.9 Å². The number of carbonyl (C=O) groups excluding carboxylic acids is 1. The summed E-state index contributed by atoms with van der Waals surface area (Å²) >= 11 is 0. The van der Waals surface area contributed by atoms with Gasteiger partial charge in [-0.05, 0) is 37.9 Å². The third-order valence-electron chi connectivity index (χ3n) is 3.89. The standard InChI is InChI=1S/C18H15P.C6H13NO2.C2H4O2/c1-4-10-16(11-5-1)19(17-12-6-2-7-13-17)18-14-8-3-9-15-18;1-6(8)9-5-4-7(2)3;1-2(3)4/h1-15H;4-5H2,1-3H3;1H3,(H,3,4). The molecule has 0 saturated heterocycles. The summed E-state index contributed by atoms with van der Waals surface area (Å²) < 4.78 is 4.67. The minimum Gasteiger partial charge on any atom is -0.481 e. The predicted molar refractivity (Wildman–Crippen MR) is 134 cm³/mol. The Hall–Kier alpha value is -3.01. The van der Waals surface area contributed by atoms with Crippen molar-refractivity contribution in [1.29, 1.82) is 0 Å². The summed E-state index contributed by atoms with van der Waals surface area (Å²) in [5, 5.41) is 11.6. The van der Waals surface area contributed by atoms with Crippen LogP contribution in [0.1, 0.15) is 13.8 Å². The number of carbonyl (C=O) groups is 2. The molecule has 6 heteroatoms. The lowest BCUT2D eigenvalue weighted by Crippen LogP contribution is -2.20. The molecule has 0 aliphatic rings. The molecular weight excluding hydrogens is 421 g/mol. The van der Waals surface area contributed by atoms with Crippen molar-refractivity contribution >= 4 is 35.8 Å². The van der Waals surface area contributed by atoms with Crippen LogP contribution in [0.4, 0.5) is 0 Å². The van der Waals surface area contributed by atoms with E-state index >= 15 is 0 Å². The summed E-state index contributed by atoms with van der Waals surface area (Å²) in [5.41, 5.74) is 0. The lowest BCUT2D eigenvalue weighted by molar-refractivity contribution is -0.141. The summed E-state index contributed by atoms with van der Waals surface area (Å²) in [5.74, 6) is -1.04. The van der Waals surface area contributed by atoms with E-state index in [0.717, 1.165) is 13.5 Å². The fourth-order valence-corrected chi connectivity index (χ4v) is 4.86. The molecule has 3 aromatic carbocycles. The molecule has 0 aromatic heterocycles. The molecule has 0 bridgehead atoms. The third kappa shape index (κ3) is 12.0. The van der Waals surface area contributed by atoms with Crippen molar-refractivity contribution in [3.8, 4) is 0 Å². The van der Waals surface area contributed by atoms with Crippen LogP contribution in [0.5, 0.6) is 0 Å². The van der Waals surface area contributed by atoms with E-state index in [-0.39, 0.29) is 5.97 Å². The maximum atomic E-state index is 10.2. The average molecular weight is 454 g/mol. The molecule has 5 nitrogen and oxygen atoms in total. The number of hydrogen-bond acceptors (Lipinski definition) is 4. The molecule has 170 valence electrons. The molecule has 0 aliphatic heterocycles. The number of nitrogens with zero attached hydrogens (tertiary/aromatic N) is 1. The minimum absolute atomic E-state index is 0.211. The molecule has 0 amide bonds. The normalized spacial score (nSPS) is 9.81. The van der Waals surface area contributed by atoms with Crippen LogP contribution in [-0.4, -0.2) is 49.2 Å². The van der Waals surface area contributed by atoms with Gasteiger partial charge < -0.3 is 14.7 Å². The van der Waals surface area contributed by atoms with E-state index in [0.29, 0.717) is 6.61 Å².